The normalized spacial score (nSPS) is 28.2. The molecule has 1 fully saturated rings. The molecular formula is C6H9ClF3NO2. The molecule has 13 heavy (non-hydrogen) atoms. The van der Waals surface area contributed by atoms with Gasteiger partial charge >= 0.3 is 12.1 Å². The average molecular weight is 220 g/mol. The molecule has 0 saturated carbocycles. The summed E-state index contributed by atoms with van der Waals surface area (Å²) in [6.07, 6.45) is -4.44. The standard InChI is InChI=1S/C6H8F3NO2.ClH/c7-6(8,9)4-2-1-3(10-4)5(11)12;/h3-4,10H,1-2H2,(H,11,12);1H/t3-,4-;/m1./s1. The lowest BCUT2D eigenvalue weighted by molar-refractivity contribution is -0.154. The Morgan fingerprint density at radius 2 is 1.92 bits per heavy atom. The average Bonchev–Trinajstić information content (AvgIpc) is 2.30. The van der Waals surface area contributed by atoms with Crippen molar-refractivity contribution in [1.29, 1.82) is 0 Å². The first-order valence-corrected chi connectivity index (χ1v) is 3.47. The summed E-state index contributed by atoms with van der Waals surface area (Å²) < 4.78 is 35.8. The van der Waals surface area contributed by atoms with Crippen molar-refractivity contribution in [1.82, 2.24) is 5.32 Å². The van der Waals surface area contributed by atoms with E-state index >= 15 is 0 Å². The highest BCUT2D eigenvalue weighted by Gasteiger charge is 2.45. The van der Waals surface area contributed by atoms with Gasteiger partial charge in [0.1, 0.15) is 12.1 Å². The Morgan fingerprint density at radius 1 is 1.38 bits per heavy atom. The first kappa shape index (κ1) is 12.5. The molecule has 0 aromatic rings. The van der Waals surface area contributed by atoms with Gasteiger partial charge in [0.2, 0.25) is 0 Å². The maximum absolute atomic E-state index is 11.9. The SMILES string of the molecule is Cl.O=C(O)[C@H]1CC[C@H](C(F)(F)F)N1. The molecule has 0 unspecified atom stereocenters. The van der Waals surface area contributed by atoms with Crippen molar-refractivity contribution < 1.29 is 23.1 Å². The highest BCUT2D eigenvalue weighted by molar-refractivity contribution is 5.85. The van der Waals surface area contributed by atoms with E-state index < -0.39 is 24.2 Å². The zero-order valence-corrected chi connectivity index (χ0v) is 7.28. The lowest BCUT2D eigenvalue weighted by Gasteiger charge is -2.14. The largest absolute Gasteiger partial charge is 0.480 e. The summed E-state index contributed by atoms with van der Waals surface area (Å²) in [5.74, 6) is -1.22. The van der Waals surface area contributed by atoms with Crippen LogP contribution in [0.4, 0.5) is 13.2 Å². The van der Waals surface area contributed by atoms with Crippen molar-refractivity contribution in [2.24, 2.45) is 0 Å². The summed E-state index contributed by atoms with van der Waals surface area (Å²) in [6.45, 7) is 0. The third-order valence-corrected chi connectivity index (χ3v) is 1.84. The Labute approximate surface area is 78.7 Å². The van der Waals surface area contributed by atoms with Gasteiger partial charge in [-0.1, -0.05) is 0 Å². The lowest BCUT2D eigenvalue weighted by atomic mass is 10.2. The summed E-state index contributed by atoms with van der Waals surface area (Å²) in [4.78, 5) is 10.2. The van der Waals surface area contributed by atoms with E-state index in [-0.39, 0.29) is 25.2 Å². The van der Waals surface area contributed by atoms with Crippen LogP contribution < -0.4 is 5.32 Å². The fraction of sp³-hybridized carbons (Fsp3) is 0.833. The first-order chi connectivity index (χ1) is 5.41. The number of aliphatic carboxylic acids is 1. The monoisotopic (exact) mass is 219 g/mol. The summed E-state index contributed by atoms with van der Waals surface area (Å²) >= 11 is 0. The molecule has 1 aliphatic heterocycles. The zero-order chi connectivity index (χ0) is 9.35. The van der Waals surface area contributed by atoms with E-state index in [9.17, 15) is 18.0 Å². The van der Waals surface area contributed by atoms with Gasteiger partial charge in [0.05, 0.1) is 0 Å². The topological polar surface area (TPSA) is 49.3 Å². The van der Waals surface area contributed by atoms with Crippen LogP contribution in [-0.4, -0.2) is 29.3 Å². The molecule has 2 N–H and O–H groups in total. The van der Waals surface area contributed by atoms with Crippen LogP contribution >= 0.6 is 12.4 Å². The van der Waals surface area contributed by atoms with Crippen molar-refractivity contribution in [3.05, 3.63) is 0 Å². The second-order valence-corrected chi connectivity index (χ2v) is 2.73. The quantitative estimate of drug-likeness (QED) is 0.696. The van der Waals surface area contributed by atoms with Crippen LogP contribution in [0, 0.1) is 0 Å². The summed E-state index contributed by atoms with van der Waals surface area (Å²) in [5, 5.41) is 10.4. The maximum Gasteiger partial charge on any atom is 0.403 e. The minimum absolute atomic E-state index is 0. The molecule has 7 heteroatoms. The van der Waals surface area contributed by atoms with Gasteiger partial charge in [-0.05, 0) is 12.8 Å². The van der Waals surface area contributed by atoms with E-state index in [4.69, 9.17) is 5.11 Å². The fourth-order valence-corrected chi connectivity index (χ4v) is 1.20. The van der Waals surface area contributed by atoms with Gasteiger partial charge in [0, 0.05) is 0 Å². The number of carboxylic acid groups (broad SMARTS) is 1. The lowest BCUT2D eigenvalue weighted by Crippen LogP contribution is -2.43. The second kappa shape index (κ2) is 4.15. The highest BCUT2D eigenvalue weighted by atomic mass is 35.5. The second-order valence-electron chi connectivity index (χ2n) is 2.73. The summed E-state index contributed by atoms with van der Waals surface area (Å²) in [7, 11) is 0. The van der Waals surface area contributed by atoms with E-state index in [0.29, 0.717) is 0 Å². The molecule has 1 rings (SSSR count). The molecule has 2 atom stereocenters. The van der Waals surface area contributed by atoms with Crippen molar-refractivity contribution in [2.75, 3.05) is 0 Å². The van der Waals surface area contributed by atoms with Crippen LogP contribution in [0.15, 0.2) is 0 Å². The molecule has 1 heterocycles. The van der Waals surface area contributed by atoms with Crippen LogP contribution in [0.25, 0.3) is 0 Å². The van der Waals surface area contributed by atoms with Gasteiger partial charge < -0.3 is 5.11 Å². The maximum atomic E-state index is 11.9. The van der Waals surface area contributed by atoms with Crippen LogP contribution in [-0.2, 0) is 4.79 Å². The predicted octanol–water partition coefficient (Wildman–Crippen LogP) is 1.18. The number of halogens is 4. The van der Waals surface area contributed by atoms with Gasteiger partial charge in [0.15, 0.2) is 0 Å². The van der Waals surface area contributed by atoms with Crippen molar-refractivity contribution in [2.45, 2.75) is 31.1 Å². The molecule has 0 aliphatic carbocycles. The van der Waals surface area contributed by atoms with Crippen molar-refractivity contribution in [3.63, 3.8) is 0 Å². The van der Waals surface area contributed by atoms with Gasteiger partial charge in [-0.25, -0.2) is 0 Å². The number of carboxylic acids is 1. The van der Waals surface area contributed by atoms with E-state index in [1.54, 1.807) is 0 Å². The van der Waals surface area contributed by atoms with Gasteiger partial charge in [-0.3, -0.25) is 10.1 Å². The Hall–Kier alpha value is -0.490. The molecule has 1 aliphatic rings. The molecular weight excluding hydrogens is 211 g/mol. The summed E-state index contributed by atoms with van der Waals surface area (Å²) in [5.41, 5.74) is 0. The predicted molar refractivity (Wildman–Crippen MR) is 40.9 cm³/mol. The van der Waals surface area contributed by atoms with Gasteiger partial charge in [0.25, 0.3) is 0 Å². The molecule has 3 nitrogen and oxygen atoms in total. The van der Waals surface area contributed by atoms with Crippen LogP contribution in [0.2, 0.25) is 0 Å². The van der Waals surface area contributed by atoms with Gasteiger partial charge in [-0.15, -0.1) is 12.4 Å². The smallest absolute Gasteiger partial charge is 0.403 e. The number of hydrogen-bond acceptors (Lipinski definition) is 2. The van der Waals surface area contributed by atoms with E-state index in [1.165, 1.54) is 0 Å². The number of carbonyl (C=O) groups is 1. The molecule has 0 bridgehead atoms. The number of alkyl halides is 3. The Kier molecular flexibility index (Phi) is 3.99. The highest BCUT2D eigenvalue weighted by Crippen LogP contribution is 2.28. The Bertz CT molecular complexity index is 197. The number of hydrogen-bond donors (Lipinski definition) is 2. The summed E-state index contributed by atoms with van der Waals surface area (Å²) in [6, 6.07) is -2.70. The Balaban J connectivity index is 0.00000144. The molecule has 78 valence electrons. The minimum atomic E-state index is -4.33. The molecule has 0 amide bonds. The number of rotatable bonds is 1. The molecule has 0 aromatic heterocycles. The van der Waals surface area contributed by atoms with E-state index in [2.05, 4.69) is 0 Å². The molecule has 0 aromatic carbocycles. The van der Waals surface area contributed by atoms with E-state index in [0.717, 1.165) is 0 Å². The zero-order valence-electron chi connectivity index (χ0n) is 6.47. The fourth-order valence-electron chi connectivity index (χ4n) is 1.20. The third kappa shape index (κ3) is 3.04. The first-order valence-electron chi connectivity index (χ1n) is 3.47. The minimum Gasteiger partial charge on any atom is -0.480 e. The van der Waals surface area contributed by atoms with Crippen molar-refractivity contribution in [3.8, 4) is 0 Å². The number of nitrogens with one attached hydrogen (secondary N) is 1. The van der Waals surface area contributed by atoms with E-state index in [1.807, 2.05) is 5.32 Å². The van der Waals surface area contributed by atoms with Gasteiger partial charge in [-0.2, -0.15) is 13.2 Å². The molecule has 0 radical (unpaired) electrons. The van der Waals surface area contributed by atoms with Crippen LogP contribution in [0.1, 0.15) is 12.8 Å². The Morgan fingerprint density at radius 3 is 2.15 bits per heavy atom. The molecule has 0 spiro atoms. The van der Waals surface area contributed by atoms with Crippen LogP contribution in [0.5, 0.6) is 0 Å². The third-order valence-electron chi connectivity index (χ3n) is 1.84. The van der Waals surface area contributed by atoms with Crippen LogP contribution in [0.3, 0.4) is 0 Å². The van der Waals surface area contributed by atoms with Crippen molar-refractivity contribution >= 4 is 18.4 Å². The molecule has 1 saturated heterocycles.